The van der Waals surface area contributed by atoms with Gasteiger partial charge in [-0.15, -0.1) is 0 Å². The molecule has 1 amide bonds. The highest BCUT2D eigenvalue weighted by Crippen LogP contribution is 2.39. The zero-order valence-corrected chi connectivity index (χ0v) is 18.2. The van der Waals surface area contributed by atoms with Gasteiger partial charge in [-0.1, -0.05) is 60.7 Å². The Morgan fingerprint density at radius 3 is 2.35 bits per heavy atom. The Labute approximate surface area is 182 Å². The number of ether oxygens (including phenoxy) is 2. The van der Waals surface area contributed by atoms with E-state index in [1.165, 1.54) is 0 Å². The van der Waals surface area contributed by atoms with Crippen LogP contribution in [0.2, 0.25) is 0 Å². The fourth-order valence-corrected chi connectivity index (χ4v) is 3.93. The molecule has 1 saturated heterocycles. The first-order chi connectivity index (χ1) is 14.8. The maximum Gasteiger partial charge on any atom is 0.407 e. The minimum Gasteiger partial charge on any atom is -0.444 e. The molecule has 2 aromatic rings. The van der Waals surface area contributed by atoms with E-state index < -0.39 is 42.0 Å². The highest BCUT2D eigenvalue weighted by atomic mass is 19.1. The lowest BCUT2D eigenvalue weighted by Crippen LogP contribution is -2.46. The van der Waals surface area contributed by atoms with Crippen LogP contribution in [0, 0.1) is 5.92 Å². The third-order valence-electron chi connectivity index (χ3n) is 5.34. The van der Waals surface area contributed by atoms with Crippen molar-refractivity contribution in [2.45, 2.75) is 63.6 Å². The van der Waals surface area contributed by atoms with Crippen molar-refractivity contribution in [3.63, 3.8) is 0 Å². The third-order valence-corrected chi connectivity index (χ3v) is 5.34. The highest BCUT2D eigenvalue weighted by molar-refractivity contribution is 5.68. The number of alkyl halides is 1. The maximum absolute atomic E-state index is 15.3. The summed E-state index contributed by atoms with van der Waals surface area (Å²) < 4.78 is 26.6. The van der Waals surface area contributed by atoms with E-state index in [2.05, 4.69) is 5.32 Å². The van der Waals surface area contributed by atoms with Crippen LogP contribution in [0.3, 0.4) is 0 Å². The average molecular weight is 428 g/mol. The average Bonchev–Trinajstić information content (AvgIpc) is 3.17. The topological polar surface area (TPSA) is 64.6 Å². The van der Waals surface area contributed by atoms with Gasteiger partial charge in [-0.3, -0.25) is 0 Å². The van der Waals surface area contributed by atoms with Gasteiger partial charge >= 0.3 is 6.09 Å². The van der Waals surface area contributed by atoms with Gasteiger partial charge in [0.25, 0.3) is 0 Å². The number of hydrogen-bond acceptors (Lipinski definition) is 4. The number of aldehydes is 1. The van der Waals surface area contributed by atoms with Crippen molar-refractivity contribution in [3.05, 3.63) is 71.8 Å². The van der Waals surface area contributed by atoms with Crippen LogP contribution in [0.25, 0.3) is 0 Å². The van der Waals surface area contributed by atoms with Gasteiger partial charge in [0.1, 0.15) is 24.2 Å². The number of hydrogen-bond donors (Lipinski definition) is 1. The number of nitrogens with one attached hydrogen (secondary N) is 1. The van der Waals surface area contributed by atoms with Gasteiger partial charge in [0.2, 0.25) is 0 Å². The lowest BCUT2D eigenvalue weighted by molar-refractivity contribution is -0.120. The number of benzene rings is 2. The molecule has 6 heteroatoms. The fraction of sp³-hybridized carbons (Fsp3) is 0.440. The van der Waals surface area contributed by atoms with Crippen LogP contribution in [0.15, 0.2) is 60.7 Å². The molecule has 0 aliphatic carbocycles. The van der Waals surface area contributed by atoms with E-state index in [9.17, 15) is 9.59 Å². The summed E-state index contributed by atoms with van der Waals surface area (Å²) >= 11 is 0. The van der Waals surface area contributed by atoms with Gasteiger partial charge in [-0.2, -0.15) is 0 Å². The zero-order valence-electron chi connectivity index (χ0n) is 18.2. The molecule has 3 rings (SSSR count). The fourth-order valence-electron chi connectivity index (χ4n) is 3.93. The van der Waals surface area contributed by atoms with Gasteiger partial charge in [-0.05, 0) is 44.7 Å². The number of carbonyl (C=O) groups excluding carboxylic acids is 2. The van der Waals surface area contributed by atoms with Crippen LogP contribution >= 0.6 is 0 Å². The molecule has 1 aliphatic heterocycles. The lowest BCUT2D eigenvalue weighted by Gasteiger charge is -2.27. The van der Waals surface area contributed by atoms with Crippen molar-refractivity contribution >= 4 is 12.4 Å². The molecule has 1 fully saturated rings. The van der Waals surface area contributed by atoms with E-state index in [0.29, 0.717) is 24.7 Å². The minimum atomic E-state index is -1.33. The molecule has 1 aliphatic rings. The molecule has 2 aromatic carbocycles. The highest BCUT2D eigenvalue weighted by Gasteiger charge is 2.44. The monoisotopic (exact) mass is 427 g/mol. The van der Waals surface area contributed by atoms with E-state index in [4.69, 9.17) is 9.47 Å². The second kappa shape index (κ2) is 10.1. The standard InChI is InChI=1S/C25H30FNO4/c1-25(2,3)31-24(29)27-20(14-17-10-6-4-7-11-17)21-15-19(22(16-28)30-21)23(26)18-12-8-5-9-13-18/h4-13,16,19-23H,14-15H2,1-3H3,(H,27,29)/t19?,20-,21?,22?,23?/m0/s1. The second-order valence-corrected chi connectivity index (χ2v) is 8.93. The van der Waals surface area contributed by atoms with E-state index >= 15 is 4.39 Å². The Bertz CT molecular complexity index is 853. The SMILES string of the molecule is CC(C)(C)OC(=O)N[C@@H](Cc1ccccc1)C1CC(C(F)c2ccccc2)C(C=O)O1. The van der Waals surface area contributed by atoms with Gasteiger partial charge in [0.05, 0.1) is 12.1 Å². The number of alkyl carbamates (subject to hydrolysis) is 1. The van der Waals surface area contributed by atoms with Gasteiger partial charge in [-0.25, -0.2) is 9.18 Å². The first-order valence-electron chi connectivity index (χ1n) is 10.6. The Balaban J connectivity index is 1.79. The van der Waals surface area contributed by atoms with Gasteiger partial charge in [0.15, 0.2) is 0 Å². The number of halogens is 1. The van der Waals surface area contributed by atoms with E-state index in [-0.39, 0.29) is 0 Å². The summed E-state index contributed by atoms with van der Waals surface area (Å²) in [5, 5.41) is 2.88. The second-order valence-electron chi connectivity index (χ2n) is 8.93. The van der Waals surface area contributed by atoms with Gasteiger partial charge in [0, 0.05) is 5.92 Å². The van der Waals surface area contributed by atoms with E-state index in [1.807, 2.05) is 36.4 Å². The molecule has 31 heavy (non-hydrogen) atoms. The quantitative estimate of drug-likeness (QED) is 0.645. The smallest absolute Gasteiger partial charge is 0.407 e. The van der Waals surface area contributed by atoms with Crippen molar-refractivity contribution in [1.29, 1.82) is 0 Å². The first kappa shape index (κ1) is 22.9. The zero-order chi connectivity index (χ0) is 22.4. The molecule has 1 N–H and O–H groups in total. The number of rotatable bonds is 7. The third kappa shape index (κ3) is 6.37. The maximum atomic E-state index is 15.3. The summed E-state index contributed by atoms with van der Waals surface area (Å²) in [6.45, 7) is 5.37. The summed E-state index contributed by atoms with van der Waals surface area (Å²) in [4.78, 5) is 24.2. The van der Waals surface area contributed by atoms with Crippen molar-refractivity contribution in [2.75, 3.05) is 0 Å². The van der Waals surface area contributed by atoms with Crippen LogP contribution in [-0.2, 0) is 20.7 Å². The molecule has 0 bridgehead atoms. The summed E-state index contributed by atoms with van der Waals surface area (Å²) in [6.07, 6.45) is -1.84. The van der Waals surface area contributed by atoms with Crippen LogP contribution in [0.5, 0.6) is 0 Å². The summed E-state index contributed by atoms with van der Waals surface area (Å²) in [5.74, 6) is -0.622. The summed E-state index contributed by atoms with van der Waals surface area (Å²) in [7, 11) is 0. The molecule has 5 nitrogen and oxygen atoms in total. The molecule has 0 aromatic heterocycles. The van der Waals surface area contributed by atoms with Crippen molar-refractivity contribution in [2.24, 2.45) is 5.92 Å². The van der Waals surface area contributed by atoms with Gasteiger partial charge < -0.3 is 19.6 Å². The van der Waals surface area contributed by atoms with E-state index in [0.717, 1.165) is 5.56 Å². The van der Waals surface area contributed by atoms with Crippen LogP contribution < -0.4 is 5.32 Å². The predicted octanol–water partition coefficient (Wildman–Crippen LogP) is 4.81. The molecule has 0 radical (unpaired) electrons. The predicted molar refractivity (Wildman–Crippen MR) is 116 cm³/mol. The van der Waals surface area contributed by atoms with Crippen molar-refractivity contribution in [3.8, 4) is 0 Å². The molecule has 0 spiro atoms. The van der Waals surface area contributed by atoms with Crippen molar-refractivity contribution in [1.82, 2.24) is 5.32 Å². The first-order valence-corrected chi connectivity index (χ1v) is 10.6. The molecular weight excluding hydrogens is 397 g/mol. The molecule has 166 valence electrons. The van der Waals surface area contributed by atoms with Crippen LogP contribution in [-0.4, -0.2) is 36.2 Å². The number of amides is 1. The minimum absolute atomic E-state index is 0.312. The lowest BCUT2D eigenvalue weighted by atomic mass is 9.88. The van der Waals surface area contributed by atoms with Crippen LogP contribution in [0.4, 0.5) is 9.18 Å². The molecular formula is C25H30FNO4. The number of carbonyl (C=O) groups is 2. The Morgan fingerprint density at radius 2 is 1.77 bits per heavy atom. The summed E-state index contributed by atoms with van der Waals surface area (Å²) in [5.41, 5.74) is 0.866. The summed E-state index contributed by atoms with van der Waals surface area (Å²) in [6, 6.07) is 18.0. The molecule has 4 unspecified atom stereocenters. The van der Waals surface area contributed by atoms with Crippen molar-refractivity contribution < 1.29 is 23.5 Å². The normalized spacial score (nSPS) is 23.0. The Morgan fingerprint density at radius 1 is 1.16 bits per heavy atom. The molecule has 0 saturated carbocycles. The Hall–Kier alpha value is -2.73. The Kier molecular flexibility index (Phi) is 7.44. The molecule has 1 heterocycles. The molecule has 5 atom stereocenters. The van der Waals surface area contributed by atoms with E-state index in [1.54, 1.807) is 45.0 Å². The largest absolute Gasteiger partial charge is 0.444 e. The van der Waals surface area contributed by atoms with Crippen LogP contribution in [0.1, 0.15) is 44.5 Å².